The van der Waals surface area contributed by atoms with E-state index in [-0.39, 0.29) is 19.3 Å². The number of hydrogen-bond acceptors (Lipinski definition) is 6. The molecular formula is C16H30O6Si. The Bertz CT molecular complexity index is 423. The van der Waals surface area contributed by atoms with Crippen LogP contribution in [0.15, 0.2) is 0 Å². The third-order valence-corrected chi connectivity index (χ3v) is 9.24. The number of rotatable bonds is 9. The highest BCUT2D eigenvalue weighted by atomic mass is 28.3. The maximum atomic E-state index is 12.9. The van der Waals surface area contributed by atoms with Crippen LogP contribution in [0.4, 0.5) is 0 Å². The van der Waals surface area contributed by atoms with Gasteiger partial charge in [-0.2, -0.15) is 0 Å². The molecule has 0 saturated carbocycles. The first-order valence-corrected chi connectivity index (χ1v) is 10.5. The van der Waals surface area contributed by atoms with Gasteiger partial charge in [-0.1, -0.05) is 20.8 Å². The molecule has 0 aromatic heterocycles. The van der Waals surface area contributed by atoms with E-state index < -0.39 is 41.1 Å². The summed E-state index contributed by atoms with van der Waals surface area (Å²) in [6.45, 7) is 9.68. The van der Waals surface area contributed by atoms with E-state index in [4.69, 9.17) is 0 Å². The van der Waals surface area contributed by atoms with Gasteiger partial charge in [-0.05, 0) is 46.6 Å². The summed E-state index contributed by atoms with van der Waals surface area (Å²) in [6, 6.07) is 0. The average molecular weight is 346 g/mol. The Hall–Kier alpha value is -0.893. The van der Waals surface area contributed by atoms with Crippen molar-refractivity contribution in [3.63, 3.8) is 0 Å². The average Bonchev–Trinajstić information content (AvgIpc) is 2.51. The summed E-state index contributed by atoms with van der Waals surface area (Å²) in [5, 5.41) is 28.3. The first-order chi connectivity index (χ1) is 10.1. The van der Waals surface area contributed by atoms with Crippen molar-refractivity contribution in [3.8, 4) is 0 Å². The van der Waals surface area contributed by atoms with E-state index in [1.165, 1.54) is 27.3 Å². The minimum Gasteiger partial charge on any atom is -0.383 e. The maximum Gasteiger partial charge on any atom is 0.288 e. The van der Waals surface area contributed by atoms with Gasteiger partial charge in [0.05, 0.1) is 0 Å². The molecule has 0 aliphatic rings. The van der Waals surface area contributed by atoms with E-state index in [2.05, 4.69) is 0 Å². The van der Waals surface area contributed by atoms with Gasteiger partial charge in [0.15, 0.2) is 16.2 Å². The summed E-state index contributed by atoms with van der Waals surface area (Å²) in [5.74, 6) is 0. The molecule has 0 fully saturated rings. The second-order valence-corrected chi connectivity index (χ2v) is 10.6. The zero-order valence-electron chi connectivity index (χ0n) is 15.2. The van der Waals surface area contributed by atoms with Crippen molar-refractivity contribution in [1.29, 1.82) is 0 Å². The van der Waals surface area contributed by atoms with Crippen LogP contribution in [0.25, 0.3) is 0 Å². The topological polar surface area (TPSA) is 112 Å². The van der Waals surface area contributed by atoms with Gasteiger partial charge in [0.25, 0.3) is 8.07 Å². The second-order valence-electron chi connectivity index (χ2n) is 6.99. The molecule has 134 valence electrons. The number of aliphatic hydroxyl groups is 3. The van der Waals surface area contributed by atoms with Crippen LogP contribution in [0.3, 0.4) is 0 Å². The van der Waals surface area contributed by atoms with Crippen LogP contribution >= 0.6 is 0 Å². The smallest absolute Gasteiger partial charge is 0.288 e. The van der Waals surface area contributed by atoms with Gasteiger partial charge in [0.2, 0.25) is 0 Å². The zero-order chi connectivity index (χ0) is 18.9. The van der Waals surface area contributed by atoms with Crippen LogP contribution in [0.1, 0.15) is 60.8 Å². The van der Waals surface area contributed by atoms with Crippen molar-refractivity contribution in [1.82, 2.24) is 0 Å². The summed E-state index contributed by atoms with van der Waals surface area (Å²) in [6.07, 6.45) is 0.0759. The molecule has 0 aromatic carbocycles. The van der Waals surface area contributed by atoms with Gasteiger partial charge in [0.1, 0.15) is 16.8 Å². The molecule has 23 heavy (non-hydrogen) atoms. The third-order valence-electron chi connectivity index (χ3n) is 4.90. The highest BCUT2D eigenvalue weighted by Gasteiger charge is 2.62. The van der Waals surface area contributed by atoms with Gasteiger partial charge < -0.3 is 29.7 Å². The lowest BCUT2D eigenvalue weighted by Crippen LogP contribution is -2.72. The summed E-state index contributed by atoms with van der Waals surface area (Å²) in [5.41, 5.74) is -5.58. The largest absolute Gasteiger partial charge is 0.383 e. The fourth-order valence-corrected chi connectivity index (χ4v) is 6.79. The van der Waals surface area contributed by atoms with Crippen LogP contribution < -0.4 is 0 Å². The third kappa shape index (κ3) is 3.96. The van der Waals surface area contributed by atoms with Gasteiger partial charge in [0, 0.05) is 0 Å². The number of carbonyl (C=O) groups is 3. The lowest BCUT2D eigenvalue weighted by atomic mass is 10.1. The molecule has 3 N–H and O–H groups in total. The Morgan fingerprint density at radius 2 is 0.870 bits per heavy atom. The standard InChI is InChI=1S/C16H30O6Si/c1-8-14(4,20)11(17)23(7,12(18)15(5,21)9-2)13(19)16(6,22)10-3/h20-22H,8-10H2,1-7H3. The number of hydrogen-bond donors (Lipinski definition) is 3. The van der Waals surface area contributed by atoms with Crippen LogP contribution in [0.2, 0.25) is 6.55 Å². The SMILES string of the molecule is CCC(C)(O)C(=O)[Si](C)(C(=O)C(C)(O)CC)C(=O)C(C)(O)CC. The van der Waals surface area contributed by atoms with Crippen LogP contribution in [-0.2, 0) is 14.4 Å². The van der Waals surface area contributed by atoms with E-state index in [1.807, 2.05) is 0 Å². The molecule has 0 aliphatic carbocycles. The Morgan fingerprint density at radius 1 is 0.696 bits per heavy atom. The first kappa shape index (κ1) is 22.1. The monoisotopic (exact) mass is 346 g/mol. The molecule has 3 unspecified atom stereocenters. The van der Waals surface area contributed by atoms with E-state index in [0.29, 0.717) is 0 Å². The summed E-state index contributed by atoms with van der Waals surface area (Å²) in [7, 11) is -4.20. The normalized spacial score (nSPS) is 22.2. The number of carbonyl (C=O) groups excluding carboxylic acids is 3. The molecule has 0 aromatic rings. The Balaban J connectivity index is 6.39. The quantitative estimate of drug-likeness (QED) is 0.534. The van der Waals surface area contributed by atoms with E-state index in [1.54, 1.807) is 20.8 Å². The summed E-state index contributed by atoms with van der Waals surface area (Å²) in [4.78, 5) is 38.6. The van der Waals surface area contributed by atoms with Crippen molar-refractivity contribution in [2.24, 2.45) is 0 Å². The van der Waals surface area contributed by atoms with Crippen LogP contribution in [0.5, 0.6) is 0 Å². The highest BCUT2D eigenvalue weighted by molar-refractivity contribution is 7.41. The lowest BCUT2D eigenvalue weighted by molar-refractivity contribution is -0.138. The predicted octanol–water partition coefficient (Wildman–Crippen LogP) is 0.873. The highest BCUT2D eigenvalue weighted by Crippen LogP contribution is 2.29. The molecule has 0 rings (SSSR count). The van der Waals surface area contributed by atoms with Gasteiger partial charge in [-0.25, -0.2) is 0 Å². The Kier molecular flexibility index (Phi) is 6.65. The fourth-order valence-electron chi connectivity index (χ4n) is 2.41. The molecule has 7 heteroatoms. The Morgan fingerprint density at radius 3 is 1.00 bits per heavy atom. The summed E-state index contributed by atoms with van der Waals surface area (Å²) < 4.78 is 0. The van der Waals surface area contributed by atoms with Gasteiger partial charge >= 0.3 is 0 Å². The molecule has 0 bridgehead atoms. The molecule has 6 nitrogen and oxygen atoms in total. The van der Waals surface area contributed by atoms with Gasteiger partial charge in [-0.3, -0.25) is 0 Å². The fraction of sp³-hybridized carbons (Fsp3) is 0.812. The predicted molar refractivity (Wildman–Crippen MR) is 89.4 cm³/mol. The molecular weight excluding hydrogens is 316 g/mol. The van der Waals surface area contributed by atoms with Crippen molar-refractivity contribution < 1.29 is 29.7 Å². The second kappa shape index (κ2) is 6.92. The van der Waals surface area contributed by atoms with Crippen molar-refractivity contribution >= 4 is 24.3 Å². The van der Waals surface area contributed by atoms with Crippen molar-refractivity contribution in [3.05, 3.63) is 0 Å². The van der Waals surface area contributed by atoms with Crippen LogP contribution in [0, 0.1) is 0 Å². The lowest BCUT2D eigenvalue weighted by Gasteiger charge is -2.38. The van der Waals surface area contributed by atoms with Crippen LogP contribution in [-0.4, -0.2) is 56.4 Å². The van der Waals surface area contributed by atoms with Crippen molar-refractivity contribution in [2.75, 3.05) is 0 Å². The van der Waals surface area contributed by atoms with E-state index in [0.717, 1.165) is 0 Å². The summed E-state index contributed by atoms with van der Waals surface area (Å²) >= 11 is 0. The molecule has 0 radical (unpaired) electrons. The van der Waals surface area contributed by atoms with E-state index >= 15 is 0 Å². The zero-order valence-corrected chi connectivity index (χ0v) is 16.2. The van der Waals surface area contributed by atoms with Crippen molar-refractivity contribution in [2.45, 2.75) is 84.2 Å². The minimum atomic E-state index is -4.20. The molecule has 0 spiro atoms. The first-order valence-electron chi connectivity index (χ1n) is 7.97. The molecule has 3 atom stereocenters. The minimum absolute atomic E-state index is 0.0253. The van der Waals surface area contributed by atoms with Gasteiger partial charge in [-0.15, -0.1) is 0 Å². The Labute approximate surface area is 138 Å². The molecule has 0 saturated heterocycles. The van der Waals surface area contributed by atoms with E-state index in [9.17, 15) is 29.7 Å². The maximum absolute atomic E-state index is 12.9. The molecule has 0 heterocycles. The molecule has 0 aliphatic heterocycles. The molecule has 0 amide bonds.